The van der Waals surface area contributed by atoms with E-state index in [-0.39, 0.29) is 0 Å². The molecule has 2 rings (SSSR count). The van der Waals surface area contributed by atoms with Crippen LogP contribution in [0, 0.1) is 12.7 Å². The van der Waals surface area contributed by atoms with Crippen molar-refractivity contribution in [2.45, 2.75) is 38.7 Å². The number of nitrogens with one attached hydrogen (secondary N) is 1. The van der Waals surface area contributed by atoms with Crippen molar-refractivity contribution in [3.8, 4) is 0 Å². The molecule has 0 bridgehead atoms. The van der Waals surface area contributed by atoms with Crippen molar-refractivity contribution in [3.05, 3.63) is 34.6 Å². The van der Waals surface area contributed by atoms with E-state index in [4.69, 9.17) is 0 Å². The van der Waals surface area contributed by atoms with E-state index >= 15 is 0 Å². The van der Waals surface area contributed by atoms with Crippen molar-refractivity contribution in [2.24, 2.45) is 0 Å². The summed E-state index contributed by atoms with van der Waals surface area (Å²) in [6.07, 6.45) is 0.161. The van der Waals surface area contributed by atoms with E-state index in [0.717, 1.165) is 24.9 Å². The van der Waals surface area contributed by atoms with Crippen molar-refractivity contribution in [3.63, 3.8) is 0 Å². The van der Waals surface area contributed by atoms with Crippen LogP contribution in [0.15, 0.2) is 12.1 Å². The van der Waals surface area contributed by atoms with Crippen LogP contribution in [0.5, 0.6) is 0 Å². The first-order valence-corrected chi connectivity index (χ1v) is 5.88. The Bertz CT molecular complexity index is 375. The zero-order valence-corrected chi connectivity index (χ0v) is 9.77. The van der Waals surface area contributed by atoms with Gasteiger partial charge in [0.25, 0.3) is 6.43 Å². The van der Waals surface area contributed by atoms with Gasteiger partial charge in [0.15, 0.2) is 0 Å². The zero-order valence-electron chi connectivity index (χ0n) is 9.77. The van der Waals surface area contributed by atoms with E-state index in [0.29, 0.717) is 18.0 Å². The number of hydrogen-bond acceptors (Lipinski definition) is 1. The molecule has 1 heterocycles. The lowest BCUT2D eigenvalue weighted by atomic mass is 9.99. The van der Waals surface area contributed by atoms with Gasteiger partial charge in [-0.25, -0.2) is 13.2 Å². The van der Waals surface area contributed by atoms with Gasteiger partial charge in [-0.15, -0.1) is 0 Å². The number of halogens is 3. The van der Waals surface area contributed by atoms with Crippen molar-refractivity contribution in [1.82, 2.24) is 5.32 Å². The molecule has 0 radical (unpaired) electrons. The minimum atomic E-state index is -2.74. The summed E-state index contributed by atoms with van der Waals surface area (Å²) in [5.41, 5.74) is 0.671. The third-order valence-electron chi connectivity index (χ3n) is 3.26. The second-order valence-corrected chi connectivity index (χ2v) is 4.61. The van der Waals surface area contributed by atoms with Crippen molar-refractivity contribution >= 4 is 0 Å². The van der Waals surface area contributed by atoms with E-state index in [1.807, 2.05) is 0 Å². The molecule has 0 saturated carbocycles. The lowest BCUT2D eigenvalue weighted by molar-refractivity contribution is 0.145. The second-order valence-electron chi connectivity index (χ2n) is 4.61. The van der Waals surface area contributed by atoms with Crippen LogP contribution in [-0.2, 0) is 6.42 Å². The Labute approximate surface area is 99.0 Å². The van der Waals surface area contributed by atoms with Gasteiger partial charge >= 0.3 is 0 Å². The SMILES string of the molecule is Cc1cc(CC2CCCN2)cc(F)c1C(F)F. The highest BCUT2D eigenvalue weighted by molar-refractivity contribution is 5.33. The largest absolute Gasteiger partial charge is 0.314 e. The van der Waals surface area contributed by atoms with Gasteiger partial charge in [0.1, 0.15) is 5.82 Å². The Hall–Kier alpha value is -1.03. The molecule has 1 aromatic carbocycles. The maximum Gasteiger partial charge on any atom is 0.266 e. The fourth-order valence-electron chi connectivity index (χ4n) is 2.44. The van der Waals surface area contributed by atoms with Crippen molar-refractivity contribution in [2.75, 3.05) is 6.54 Å². The summed E-state index contributed by atoms with van der Waals surface area (Å²) in [6, 6.07) is 3.27. The summed E-state index contributed by atoms with van der Waals surface area (Å²) in [4.78, 5) is 0. The van der Waals surface area contributed by atoms with Gasteiger partial charge in [-0.3, -0.25) is 0 Å². The Morgan fingerprint density at radius 1 is 1.41 bits per heavy atom. The molecule has 1 atom stereocenters. The van der Waals surface area contributed by atoms with Gasteiger partial charge in [-0.2, -0.15) is 0 Å². The third-order valence-corrected chi connectivity index (χ3v) is 3.26. The highest BCUT2D eigenvalue weighted by Gasteiger charge is 2.19. The molecule has 94 valence electrons. The van der Waals surface area contributed by atoms with E-state index in [9.17, 15) is 13.2 Å². The van der Waals surface area contributed by atoms with Gasteiger partial charge < -0.3 is 5.32 Å². The topological polar surface area (TPSA) is 12.0 Å². The lowest BCUT2D eigenvalue weighted by Gasteiger charge is -2.13. The summed E-state index contributed by atoms with van der Waals surface area (Å²) in [5, 5.41) is 3.31. The smallest absolute Gasteiger partial charge is 0.266 e. The number of rotatable bonds is 3. The van der Waals surface area contributed by atoms with Crippen LogP contribution >= 0.6 is 0 Å². The molecule has 17 heavy (non-hydrogen) atoms. The Morgan fingerprint density at radius 3 is 2.71 bits per heavy atom. The predicted molar refractivity (Wildman–Crippen MR) is 60.8 cm³/mol. The van der Waals surface area contributed by atoms with Crippen LogP contribution < -0.4 is 5.32 Å². The summed E-state index contributed by atoms with van der Waals surface area (Å²) in [7, 11) is 0. The van der Waals surface area contributed by atoms with Crippen LogP contribution in [0.2, 0.25) is 0 Å². The minimum Gasteiger partial charge on any atom is -0.314 e. The van der Waals surface area contributed by atoms with E-state index in [2.05, 4.69) is 5.32 Å². The monoisotopic (exact) mass is 243 g/mol. The molecule has 1 aliphatic rings. The molecule has 1 aliphatic heterocycles. The Kier molecular flexibility index (Phi) is 3.72. The maximum absolute atomic E-state index is 13.5. The van der Waals surface area contributed by atoms with Gasteiger partial charge in [-0.05, 0) is 49.9 Å². The molecular weight excluding hydrogens is 227 g/mol. The standard InChI is InChI=1S/C13H16F3N/c1-8-5-9(6-10-3-2-4-17-10)7-11(14)12(8)13(15)16/h5,7,10,13,17H,2-4,6H2,1H3. The summed E-state index contributed by atoms with van der Waals surface area (Å²) >= 11 is 0. The number of alkyl halides is 2. The number of hydrogen-bond donors (Lipinski definition) is 1. The lowest BCUT2D eigenvalue weighted by Crippen LogP contribution is -2.23. The van der Waals surface area contributed by atoms with Crippen LogP contribution in [0.1, 0.15) is 36.0 Å². The fourth-order valence-corrected chi connectivity index (χ4v) is 2.44. The molecule has 1 aromatic rings. The summed E-state index contributed by atoms with van der Waals surface area (Å²) in [6.45, 7) is 2.53. The summed E-state index contributed by atoms with van der Waals surface area (Å²) in [5.74, 6) is -0.784. The zero-order chi connectivity index (χ0) is 12.4. The number of benzene rings is 1. The minimum absolute atomic E-state index is 0.341. The van der Waals surface area contributed by atoms with E-state index in [1.54, 1.807) is 6.07 Å². The molecule has 0 aromatic heterocycles. The van der Waals surface area contributed by atoms with Gasteiger partial charge in [0.05, 0.1) is 5.56 Å². The normalized spacial score (nSPS) is 20.2. The van der Waals surface area contributed by atoms with Gasteiger partial charge in [0.2, 0.25) is 0 Å². The van der Waals surface area contributed by atoms with Crippen molar-refractivity contribution < 1.29 is 13.2 Å². The highest BCUT2D eigenvalue weighted by atomic mass is 19.3. The molecule has 0 spiro atoms. The van der Waals surface area contributed by atoms with Crippen LogP contribution in [0.25, 0.3) is 0 Å². The average Bonchev–Trinajstić information content (AvgIpc) is 2.68. The molecular formula is C13H16F3N. The second kappa shape index (κ2) is 5.08. The van der Waals surface area contributed by atoms with Crippen LogP contribution in [0.4, 0.5) is 13.2 Å². The first-order chi connectivity index (χ1) is 8.08. The average molecular weight is 243 g/mol. The van der Waals surface area contributed by atoms with E-state index in [1.165, 1.54) is 13.0 Å². The highest BCUT2D eigenvalue weighted by Crippen LogP contribution is 2.27. The molecule has 0 aliphatic carbocycles. The van der Waals surface area contributed by atoms with Crippen molar-refractivity contribution in [1.29, 1.82) is 0 Å². The molecule has 1 nitrogen and oxygen atoms in total. The quantitative estimate of drug-likeness (QED) is 0.858. The van der Waals surface area contributed by atoms with E-state index < -0.39 is 17.8 Å². The van der Waals surface area contributed by atoms with Crippen LogP contribution in [-0.4, -0.2) is 12.6 Å². The first kappa shape index (κ1) is 12.4. The number of aryl methyl sites for hydroxylation is 1. The summed E-state index contributed by atoms with van der Waals surface area (Å²) < 4.78 is 38.7. The predicted octanol–water partition coefficient (Wildman–Crippen LogP) is 3.37. The molecule has 1 saturated heterocycles. The molecule has 4 heteroatoms. The van der Waals surface area contributed by atoms with Gasteiger partial charge in [0, 0.05) is 6.04 Å². The Balaban J connectivity index is 2.19. The third kappa shape index (κ3) is 2.80. The molecule has 1 fully saturated rings. The molecule has 1 N–H and O–H groups in total. The van der Waals surface area contributed by atoms with Gasteiger partial charge in [-0.1, -0.05) is 6.07 Å². The molecule has 0 amide bonds. The van der Waals surface area contributed by atoms with Crippen LogP contribution in [0.3, 0.4) is 0 Å². The molecule has 1 unspecified atom stereocenters. The maximum atomic E-state index is 13.5. The first-order valence-electron chi connectivity index (χ1n) is 5.88. The Morgan fingerprint density at radius 2 is 2.18 bits per heavy atom. The fraction of sp³-hybridized carbons (Fsp3) is 0.538.